The minimum atomic E-state index is -4.67. The smallest absolute Gasteiger partial charge is 0.405 e. The molecule has 0 aliphatic heterocycles. The van der Waals surface area contributed by atoms with Crippen LogP contribution in [0, 0.1) is 0 Å². The first-order valence-corrected chi connectivity index (χ1v) is 6.99. The number of nitrogens with one attached hydrogen (secondary N) is 1. The summed E-state index contributed by atoms with van der Waals surface area (Å²) < 4.78 is 40.9. The van der Waals surface area contributed by atoms with Crippen molar-refractivity contribution in [2.24, 2.45) is 0 Å². The van der Waals surface area contributed by atoms with Crippen LogP contribution in [0.5, 0.6) is 5.75 Å². The first kappa shape index (κ1) is 14.9. The normalized spacial score (nSPS) is 13.2. The van der Waals surface area contributed by atoms with Crippen LogP contribution in [0.25, 0.3) is 0 Å². The highest BCUT2D eigenvalue weighted by Crippen LogP contribution is 2.26. The molecule has 6 heteroatoms. The Balaban J connectivity index is 2.02. The Kier molecular flexibility index (Phi) is 4.67. The van der Waals surface area contributed by atoms with Gasteiger partial charge in [0, 0.05) is 18.2 Å². The number of ether oxygens (including phenoxy) is 1. The maximum Gasteiger partial charge on any atom is 0.573 e. The monoisotopic (exact) mass is 301 g/mol. The van der Waals surface area contributed by atoms with Gasteiger partial charge in [-0.1, -0.05) is 18.2 Å². The highest BCUT2D eigenvalue weighted by atomic mass is 32.1. The van der Waals surface area contributed by atoms with Crippen molar-refractivity contribution in [2.75, 3.05) is 0 Å². The van der Waals surface area contributed by atoms with Crippen LogP contribution < -0.4 is 10.1 Å². The molecular weight excluding hydrogens is 287 g/mol. The molecule has 108 valence electrons. The Morgan fingerprint density at radius 3 is 2.65 bits per heavy atom. The van der Waals surface area contributed by atoms with Crippen molar-refractivity contribution in [2.45, 2.75) is 25.9 Å². The molecule has 1 aromatic heterocycles. The Morgan fingerprint density at radius 1 is 1.25 bits per heavy atom. The van der Waals surface area contributed by atoms with Gasteiger partial charge in [-0.3, -0.25) is 0 Å². The van der Waals surface area contributed by atoms with Crippen LogP contribution >= 0.6 is 11.3 Å². The van der Waals surface area contributed by atoms with Gasteiger partial charge in [0.25, 0.3) is 0 Å². The average Bonchev–Trinajstić information content (AvgIpc) is 2.89. The van der Waals surface area contributed by atoms with E-state index in [1.54, 1.807) is 23.5 Å². The molecule has 0 radical (unpaired) electrons. The zero-order chi connectivity index (χ0) is 14.6. The van der Waals surface area contributed by atoms with E-state index in [0.29, 0.717) is 12.1 Å². The molecule has 1 atom stereocenters. The Labute approximate surface area is 119 Å². The fraction of sp³-hybridized carbons (Fsp3) is 0.286. The number of thiophene rings is 1. The lowest BCUT2D eigenvalue weighted by molar-refractivity contribution is -0.274. The van der Waals surface area contributed by atoms with Gasteiger partial charge in [-0.2, -0.15) is 11.3 Å². The number of halogens is 3. The number of para-hydroxylation sites is 1. The Hall–Kier alpha value is -1.53. The lowest BCUT2D eigenvalue weighted by Gasteiger charge is -2.16. The summed E-state index contributed by atoms with van der Waals surface area (Å²) in [7, 11) is 0. The molecule has 0 bridgehead atoms. The van der Waals surface area contributed by atoms with Gasteiger partial charge in [-0.25, -0.2) is 0 Å². The first-order valence-electron chi connectivity index (χ1n) is 6.05. The maximum atomic E-state index is 12.3. The van der Waals surface area contributed by atoms with Crippen LogP contribution in [0.4, 0.5) is 13.2 Å². The van der Waals surface area contributed by atoms with Crippen molar-refractivity contribution in [1.29, 1.82) is 0 Å². The van der Waals surface area contributed by atoms with E-state index >= 15 is 0 Å². The van der Waals surface area contributed by atoms with Gasteiger partial charge in [0.15, 0.2) is 0 Å². The second-order valence-electron chi connectivity index (χ2n) is 4.31. The van der Waals surface area contributed by atoms with Gasteiger partial charge in [0.05, 0.1) is 0 Å². The highest BCUT2D eigenvalue weighted by Gasteiger charge is 2.31. The van der Waals surface area contributed by atoms with E-state index in [2.05, 4.69) is 10.1 Å². The molecule has 0 saturated heterocycles. The molecule has 0 amide bonds. The summed E-state index contributed by atoms with van der Waals surface area (Å²) in [6, 6.07) is 8.21. The van der Waals surface area contributed by atoms with Crippen LogP contribution in [0.15, 0.2) is 41.1 Å². The van der Waals surface area contributed by atoms with Crippen LogP contribution in [0.1, 0.15) is 24.1 Å². The summed E-state index contributed by atoms with van der Waals surface area (Å²) in [6.07, 6.45) is -4.67. The lowest BCUT2D eigenvalue weighted by Crippen LogP contribution is -2.21. The molecule has 1 heterocycles. The summed E-state index contributed by atoms with van der Waals surface area (Å²) in [4.78, 5) is 0. The van der Waals surface area contributed by atoms with Crippen molar-refractivity contribution < 1.29 is 17.9 Å². The molecule has 1 aromatic carbocycles. The lowest BCUT2D eigenvalue weighted by atomic mass is 10.1. The molecule has 2 rings (SSSR count). The van der Waals surface area contributed by atoms with Gasteiger partial charge in [0.2, 0.25) is 0 Å². The van der Waals surface area contributed by atoms with Crippen molar-refractivity contribution in [3.8, 4) is 5.75 Å². The van der Waals surface area contributed by atoms with Crippen LogP contribution in [0.3, 0.4) is 0 Å². The molecule has 0 aliphatic carbocycles. The SMILES string of the molecule is CC(NCc1ccccc1OC(F)(F)F)c1ccsc1. The molecule has 0 saturated carbocycles. The van der Waals surface area contributed by atoms with Gasteiger partial charge in [0.1, 0.15) is 5.75 Å². The molecule has 1 N–H and O–H groups in total. The summed E-state index contributed by atoms with van der Waals surface area (Å²) in [5, 5.41) is 7.16. The minimum absolute atomic E-state index is 0.0696. The summed E-state index contributed by atoms with van der Waals surface area (Å²) in [6.45, 7) is 2.28. The molecule has 1 unspecified atom stereocenters. The fourth-order valence-electron chi connectivity index (χ4n) is 1.78. The van der Waals surface area contributed by atoms with Gasteiger partial charge >= 0.3 is 6.36 Å². The van der Waals surface area contributed by atoms with E-state index in [0.717, 1.165) is 5.56 Å². The van der Waals surface area contributed by atoms with Crippen molar-refractivity contribution in [3.05, 3.63) is 52.2 Å². The molecule has 0 aliphatic rings. The van der Waals surface area contributed by atoms with Crippen LogP contribution in [-0.4, -0.2) is 6.36 Å². The van der Waals surface area contributed by atoms with Crippen molar-refractivity contribution in [1.82, 2.24) is 5.32 Å². The largest absolute Gasteiger partial charge is 0.573 e. The average molecular weight is 301 g/mol. The molecule has 20 heavy (non-hydrogen) atoms. The highest BCUT2D eigenvalue weighted by molar-refractivity contribution is 7.07. The second-order valence-corrected chi connectivity index (χ2v) is 5.09. The molecule has 0 spiro atoms. The molecule has 2 aromatic rings. The van der Waals surface area contributed by atoms with E-state index in [4.69, 9.17) is 0 Å². The minimum Gasteiger partial charge on any atom is -0.405 e. The van der Waals surface area contributed by atoms with Gasteiger partial charge in [-0.05, 0) is 35.4 Å². The number of alkyl halides is 3. The first-order chi connectivity index (χ1) is 9.46. The van der Waals surface area contributed by atoms with E-state index in [-0.39, 0.29) is 11.8 Å². The standard InChI is InChI=1S/C14H14F3NOS/c1-10(12-6-7-20-9-12)18-8-11-4-2-3-5-13(11)19-14(15,16)17/h2-7,9-10,18H,8H2,1H3. The van der Waals surface area contributed by atoms with E-state index in [1.807, 2.05) is 23.8 Å². The van der Waals surface area contributed by atoms with Gasteiger partial charge < -0.3 is 10.1 Å². The number of rotatable bonds is 5. The van der Waals surface area contributed by atoms with Gasteiger partial charge in [-0.15, -0.1) is 13.2 Å². The predicted molar refractivity (Wildman–Crippen MR) is 72.7 cm³/mol. The third kappa shape index (κ3) is 4.25. The fourth-order valence-corrected chi connectivity index (χ4v) is 2.53. The van der Waals surface area contributed by atoms with Crippen molar-refractivity contribution in [3.63, 3.8) is 0 Å². The van der Waals surface area contributed by atoms with E-state index < -0.39 is 6.36 Å². The topological polar surface area (TPSA) is 21.3 Å². The number of hydrogen-bond donors (Lipinski definition) is 1. The molecular formula is C14H14F3NOS. The summed E-state index contributed by atoms with van der Waals surface area (Å²) >= 11 is 1.59. The summed E-state index contributed by atoms with van der Waals surface area (Å²) in [5.74, 6) is -0.162. The predicted octanol–water partition coefficient (Wildman–Crippen LogP) is 4.50. The van der Waals surface area contributed by atoms with E-state index in [9.17, 15) is 13.2 Å². The molecule has 0 fully saturated rings. The number of benzene rings is 1. The number of hydrogen-bond acceptors (Lipinski definition) is 3. The third-order valence-electron chi connectivity index (χ3n) is 2.84. The molecule has 2 nitrogen and oxygen atoms in total. The quantitative estimate of drug-likeness (QED) is 0.878. The Morgan fingerprint density at radius 2 is 2.00 bits per heavy atom. The zero-order valence-electron chi connectivity index (χ0n) is 10.8. The summed E-state index contributed by atoms with van der Waals surface area (Å²) in [5.41, 5.74) is 1.59. The third-order valence-corrected chi connectivity index (χ3v) is 3.54. The second kappa shape index (κ2) is 6.28. The zero-order valence-corrected chi connectivity index (χ0v) is 11.6. The van der Waals surface area contributed by atoms with Crippen LogP contribution in [-0.2, 0) is 6.54 Å². The van der Waals surface area contributed by atoms with Crippen molar-refractivity contribution >= 4 is 11.3 Å². The van der Waals surface area contributed by atoms with E-state index in [1.165, 1.54) is 12.1 Å². The maximum absolute atomic E-state index is 12.3. The van der Waals surface area contributed by atoms with Crippen LogP contribution in [0.2, 0.25) is 0 Å². The Bertz CT molecular complexity index is 540.